The van der Waals surface area contributed by atoms with Gasteiger partial charge in [0.05, 0.1) is 26.1 Å². The van der Waals surface area contributed by atoms with E-state index in [-0.39, 0.29) is 63.8 Å². The number of hydrogen-bond acceptors (Lipinski definition) is 6. The molecule has 0 bridgehead atoms. The van der Waals surface area contributed by atoms with E-state index in [0.29, 0.717) is 13.1 Å². The van der Waals surface area contributed by atoms with Gasteiger partial charge < -0.3 is 19.3 Å². The van der Waals surface area contributed by atoms with Gasteiger partial charge >= 0.3 is 11.9 Å². The molecule has 0 unspecified atom stereocenters. The van der Waals surface area contributed by atoms with Crippen molar-refractivity contribution in [2.24, 2.45) is 0 Å². The fourth-order valence-corrected chi connectivity index (χ4v) is 3.63. The van der Waals surface area contributed by atoms with E-state index in [4.69, 9.17) is 9.47 Å². The molecule has 0 aromatic heterocycles. The van der Waals surface area contributed by atoms with Crippen molar-refractivity contribution in [2.45, 2.75) is 52.6 Å². The van der Waals surface area contributed by atoms with Crippen LogP contribution in [0.5, 0.6) is 0 Å². The summed E-state index contributed by atoms with van der Waals surface area (Å²) >= 11 is 0. The molecule has 0 saturated carbocycles. The Hall–Kier alpha value is -3.68. The second-order valence-corrected chi connectivity index (χ2v) is 8.21. The minimum Gasteiger partial charge on any atom is -0.466 e. The molecule has 0 radical (unpaired) electrons. The molecule has 0 N–H and O–H groups in total. The summed E-state index contributed by atoms with van der Waals surface area (Å²) < 4.78 is 9.90. The van der Waals surface area contributed by atoms with Gasteiger partial charge in [0.1, 0.15) is 0 Å². The Morgan fingerprint density at radius 3 is 1.28 bits per heavy atom. The topological polar surface area (TPSA) is 93.2 Å². The van der Waals surface area contributed by atoms with Crippen LogP contribution in [-0.2, 0) is 41.7 Å². The highest BCUT2D eigenvalue weighted by molar-refractivity contribution is 5.82. The number of carbonyl (C=O) groups is 4. The lowest BCUT2D eigenvalue weighted by Gasteiger charge is -2.28. The lowest BCUT2D eigenvalue weighted by Crippen LogP contribution is -2.40. The summed E-state index contributed by atoms with van der Waals surface area (Å²) in [6.07, 6.45) is 0.0661. The molecule has 2 aromatic carbocycles. The molecule has 194 valence electrons. The van der Waals surface area contributed by atoms with Crippen LogP contribution in [0.15, 0.2) is 60.7 Å². The second kappa shape index (κ2) is 16.1. The fraction of sp³-hybridized carbons (Fsp3) is 0.429. The van der Waals surface area contributed by atoms with Gasteiger partial charge in [0.2, 0.25) is 11.8 Å². The highest BCUT2D eigenvalue weighted by atomic mass is 16.5. The monoisotopic (exact) mass is 496 g/mol. The summed E-state index contributed by atoms with van der Waals surface area (Å²) in [6.45, 7) is 5.27. The van der Waals surface area contributed by atoms with Crippen LogP contribution in [0.25, 0.3) is 0 Å². The van der Waals surface area contributed by atoms with E-state index in [1.807, 2.05) is 60.7 Å². The van der Waals surface area contributed by atoms with Crippen LogP contribution >= 0.6 is 0 Å². The summed E-state index contributed by atoms with van der Waals surface area (Å²) in [5.41, 5.74) is 1.90. The molecule has 0 spiro atoms. The van der Waals surface area contributed by atoms with Crippen molar-refractivity contribution in [2.75, 3.05) is 26.3 Å². The van der Waals surface area contributed by atoms with Gasteiger partial charge in [-0.25, -0.2) is 0 Å². The van der Waals surface area contributed by atoms with Crippen molar-refractivity contribution in [3.8, 4) is 0 Å². The standard InChI is InChI=1S/C28H36N2O6/c1-3-35-27(33)17-15-25(31)29(21-23-11-7-5-8-12-23)19-20-30(22-24-13-9-6-10-14-24)26(32)16-18-28(34)36-4-2/h5-14H,3-4,15-22H2,1-2H3. The average molecular weight is 497 g/mol. The van der Waals surface area contributed by atoms with E-state index in [9.17, 15) is 19.2 Å². The minimum absolute atomic E-state index is 0.00413. The quantitative estimate of drug-likeness (QED) is 0.349. The molecule has 0 atom stereocenters. The number of nitrogens with zero attached hydrogens (tertiary/aromatic N) is 2. The predicted octanol–water partition coefficient (Wildman–Crippen LogP) is 3.73. The highest BCUT2D eigenvalue weighted by Gasteiger charge is 2.21. The van der Waals surface area contributed by atoms with Gasteiger partial charge in [0.15, 0.2) is 0 Å². The third-order valence-electron chi connectivity index (χ3n) is 5.47. The maximum absolute atomic E-state index is 13.0. The maximum atomic E-state index is 13.0. The zero-order chi connectivity index (χ0) is 26.2. The van der Waals surface area contributed by atoms with Gasteiger partial charge in [-0.15, -0.1) is 0 Å². The molecule has 0 aliphatic carbocycles. The van der Waals surface area contributed by atoms with E-state index < -0.39 is 11.9 Å². The van der Waals surface area contributed by atoms with Crippen LogP contribution in [-0.4, -0.2) is 59.9 Å². The predicted molar refractivity (Wildman–Crippen MR) is 135 cm³/mol. The van der Waals surface area contributed by atoms with E-state index in [1.165, 1.54) is 0 Å². The van der Waals surface area contributed by atoms with Crippen LogP contribution in [0.3, 0.4) is 0 Å². The lowest BCUT2D eigenvalue weighted by atomic mass is 10.1. The van der Waals surface area contributed by atoms with Crippen LogP contribution in [0, 0.1) is 0 Å². The molecule has 0 heterocycles. The number of hydrogen-bond donors (Lipinski definition) is 0. The van der Waals surface area contributed by atoms with Crippen LogP contribution in [0.1, 0.15) is 50.7 Å². The molecule has 0 saturated heterocycles. The Kier molecular flexibility index (Phi) is 12.8. The molecule has 8 nitrogen and oxygen atoms in total. The first-order valence-corrected chi connectivity index (χ1v) is 12.4. The summed E-state index contributed by atoms with van der Waals surface area (Å²) in [7, 11) is 0. The third kappa shape index (κ3) is 10.7. The first kappa shape index (κ1) is 28.6. The number of rotatable bonds is 15. The van der Waals surface area contributed by atoms with E-state index in [1.54, 1.807) is 23.6 Å². The van der Waals surface area contributed by atoms with Crippen LogP contribution in [0.4, 0.5) is 0 Å². The van der Waals surface area contributed by atoms with Crippen molar-refractivity contribution in [1.82, 2.24) is 9.80 Å². The molecule has 0 aliphatic heterocycles. The van der Waals surface area contributed by atoms with E-state index in [2.05, 4.69) is 0 Å². The summed E-state index contributed by atoms with van der Waals surface area (Å²) in [4.78, 5) is 52.9. The molecule has 2 aromatic rings. The number of ether oxygens (including phenoxy) is 2. The second-order valence-electron chi connectivity index (χ2n) is 8.21. The number of carbonyl (C=O) groups excluding carboxylic acids is 4. The number of benzene rings is 2. The smallest absolute Gasteiger partial charge is 0.306 e. The molecule has 2 amide bonds. The largest absolute Gasteiger partial charge is 0.466 e. The number of amides is 2. The Morgan fingerprint density at radius 2 is 0.944 bits per heavy atom. The highest BCUT2D eigenvalue weighted by Crippen LogP contribution is 2.12. The van der Waals surface area contributed by atoms with Crippen LogP contribution < -0.4 is 0 Å². The summed E-state index contributed by atoms with van der Waals surface area (Å²) in [5.74, 6) is -1.20. The first-order chi connectivity index (χ1) is 17.4. The molecule has 36 heavy (non-hydrogen) atoms. The summed E-state index contributed by atoms with van der Waals surface area (Å²) in [6, 6.07) is 19.1. The van der Waals surface area contributed by atoms with Gasteiger partial charge in [-0.05, 0) is 25.0 Å². The van der Waals surface area contributed by atoms with Crippen molar-refractivity contribution < 1.29 is 28.7 Å². The van der Waals surface area contributed by atoms with Gasteiger partial charge in [-0.2, -0.15) is 0 Å². The average Bonchev–Trinajstić information content (AvgIpc) is 2.89. The molecule has 0 aliphatic rings. The minimum atomic E-state index is -0.412. The van der Waals surface area contributed by atoms with Gasteiger partial charge in [-0.1, -0.05) is 60.7 Å². The normalized spacial score (nSPS) is 10.4. The Labute approximate surface area is 213 Å². The van der Waals surface area contributed by atoms with Gasteiger partial charge in [0, 0.05) is 39.0 Å². The van der Waals surface area contributed by atoms with Crippen molar-refractivity contribution in [3.63, 3.8) is 0 Å². The fourth-order valence-electron chi connectivity index (χ4n) is 3.63. The van der Waals surface area contributed by atoms with Gasteiger partial charge in [0.25, 0.3) is 0 Å². The van der Waals surface area contributed by atoms with Crippen LogP contribution in [0.2, 0.25) is 0 Å². The SMILES string of the molecule is CCOC(=O)CCC(=O)N(CCN(Cc1ccccc1)C(=O)CCC(=O)OCC)Cc1ccccc1. The maximum Gasteiger partial charge on any atom is 0.306 e. The zero-order valence-corrected chi connectivity index (χ0v) is 21.2. The van der Waals surface area contributed by atoms with Crippen molar-refractivity contribution >= 4 is 23.8 Å². The third-order valence-corrected chi connectivity index (χ3v) is 5.47. The Morgan fingerprint density at radius 1 is 0.583 bits per heavy atom. The Balaban J connectivity index is 2.11. The van der Waals surface area contributed by atoms with E-state index >= 15 is 0 Å². The Bertz CT molecular complexity index is 885. The zero-order valence-electron chi connectivity index (χ0n) is 21.2. The molecule has 8 heteroatoms. The molecule has 0 fully saturated rings. The molecular formula is C28H36N2O6. The van der Waals surface area contributed by atoms with Gasteiger partial charge in [-0.3, -0.25) is 19.2 Å². The number of esters is 2. The summed E-state index contributed by atoms with van der Waals surface area (Å²) in [5, 5.41) is 0. The molecular weight excluding hydrogens is 460 g/mol. The van der Waals surface area contributed by atoms with E-state index in [0.717, 1.165) is 11.1 Å². The lowest BCUT2D eigenvalue weighted by molar-refractivity contribution is -0.146. The van der Waals surface area contributed by atoms with Crippen molar-refractivity contribution in [3.05, 3.63) is 71.8 Å². The van der Waals surface area contributed by atoms with Crippen molar-refractivity contribution in [1.29, 1.82) is 0 Å². The first-order valence-electron chi connectivity index (χ1n) is 12.4. The molecule has 2 rings (SSSR count).